The molecule has 0 aliphatic heterocycles. The fourth-order valence-electron chi connectivity index (χ4n) is 1.44. The highest BCUT2D eigenvalue weighted by atomic mass is 32.2. The Bertz CT molecular complexity index is 581. The van der Waals surface area contributed by atoms with Gasteiger partial charge in [-0.15, -0.1) is 0 Å². The first-order valence-electron chi connectivity index (χ1n) is 5.12. The summed E-state index contributed by atoms with van der Waals surface area (Å²) in [4.78, 5) is 18.7. The lowest BCUT2D eigenvalue weighted by Gasteiger charge is -2.07. The number of rotatable bonds is 3. The molecule has 2 aromatic rings. The van der Waals surface area contributed by atoms with Gasteiger partial charge in [0.15, 0.2) is 5.16 Å². The Balaban J connectivity index is 2.33. The van der Waals surface area contributed by atoms with Crippen molar-refractivity contribution < 1.29 is 5.11 Å². The summed E-state index contributed by atoms with van der Waals surface area (Å²) in [5.41, 5.74) is 1.74. The first-order chi connectivity index (χ1) is 8.19. The van der Waals surface area contributed by atoms with Crippen LogP contribution in [0.2, 0.25) is 0 Å². The first kappa shape index (κ1) is 11.9. The molecule has 5 heteroatoms. The van der Waals surface area contributed by atoms with Crippen LogP contribution in [0.4, 0.5) is 0 Å². The first-order valence-corrected chi connectivity index (χ1v) is 5.94. The van der Waals surface area contributed by atoms with Gasteiger partial charge in [0.05, 0.1) is 6.61 Å². The largest absolute Gasteiger partial charge is 0.392 e. The normalized spacial score (nSPS) is 10.5. The number of benzene rings is 1. The highest BCUT2D eigenvalue weighted by molar-refractivity contribution is 7.99. The van der Waals surface area contributed by atoms with Crippen LogP contribution in [0.25, 0.3) is 0 Å². The van der Waals surface area contributed by atoms with Gasteiger partial charge in [-0.1, -0.05) is 29.5 Å². The molecule has 0 spiro atoms. The predicted molar refractivity (Wildman–Crippen MR) is 66.1 cm³/mol. The van der Waals surface area contributed by atoms with E-state index >= 15 is 0 Å². The summed E-state index contributed by atoms with van der Waals surface area (Å²) < 4.78 is 0. The Morgan fingerprint density at radius 3 is 2.94 bits per heavy atom. The summed E-state index contributed by atoms with van der Waals surface area (Å²) >= 11 is 1.33. The highest BCUT2D eigenvalue weighted by Gasteiger charge is 2.05. The number of aromatic amines is 1. The Morgan fingerprint density at radius 2 is 2.24 bits per heavy atom. The van der Waals surface area contributed by atoms with Crippen LogP contribution in [0, 0.1) is 6.92 Å². The van der Waals surface area contributed by atoms with Gasteiger partial charge in [-0.25, -0.2) is 4.98 Å². The lowest BCUT2D eigenvalue weighted by Crippen LogP contribution is -2.05. The molecule has 17 heavy (non-hydrogen) atoms. The van der Waals surface area contributed by atoms with E-state index in [1.54, 1.807) is 0 Å². The smallest absolute Gasteiger partial charge is 0.251 e. The molecule has 0 amide bonds. The van der Waals surface area contributed by atoms with Crippen LogP contribution in [0.1, 0.15) is 11.1 Å². The Kier molecular flexibility index (Phi) is 3.61. The number of nitrogens with one attached hydrogen (secondary N) is 1. The fourth-order valence-corrected chi connectivity index (χ4v) is 2.30. The van der Waals surface area contributed by atoms with E-state index in [4.69, 9.17) is 0 Å². The molecule has 1 heterocycles. The molecule has 0 saturated heterocycles. The highest BCUT2D eigenvalue weighted by Crippen LogP contribution is 2.27. The van der Waals surface area contributed by atoms with Crippen molar-refractivity contribution in [3.8, 4) is 0 Å². The van der Waals surface area contributed by atoms with Gasteiger partial charge in [0, 0.05) is 17.2 Å². The number of aryl methyl sites for hydroxylation is 1. The molecular formula is C12H12N2O2S. The van der Waals surface area contributed by atoms with E-state index in [9.17, 15) is 9.90 Å². The maximum atomic E-state index is 11.1. The monoisotopic (exact) mass is 248 g/mol. The minimum Gasteiger partial charge on any atom is -0.392 e. The lowest BCUT2D eigenvalue weighted by atomic mass is 10.1. The van der Waals surface area contributed by atoms with Crippen LogP contribution in [-0.4, -0.2) is 15.1 Å². The van der Waals surface area contributed by atoms with E-state index < -0.39 is 0 Å². The maximum absolute atomic E-state index is 11.1. The molecule has 0 atom stereocenters. The number of hydrogen-bond acceptors (Lipinski definition) is 4. The molecule has 2 N–H and O–H groups in total. The molecule has 4 nitrogen and oxygen atoms in total. The Labute approximate surface area is 103 Å². The quantitative estimate of drug-likeness (QED) is 0.812. The zero-order valence-corrected chi connectivity index (χ0v) is 10.1. The van der Waals surface area contributed by atoms with Crippen LogP contribution in [0.15, 0.2) is 45.3 Å². The number of aliphatic hydroxyl groups excluding tert-OH is 1. The van der Waals surface area contributed by atoms with Crippen LogP contribution >= 0.6 is 11.8 Å². The van der Waals surface area contributed by atoms with E-state index in [0.29, 0.717) is 5.16 Å². The maximum Gasteiger partial charge on any atom is 0.251 e. The zero-order valence-electron chi connectivity index (χ0n) is 9.30. The van der Waals surface area contributed by atoms with Crippen molar-refractivity contribution in [2.75, 3.05) is 0 Å². The number of nitrogens with zero attached hydrogens (tertiary/aromatic N) is 1. The van der Waals surface area contributed by atoms with E-state index in [0.717, 1.165) is 16.0 Å². The fraction of sp³-hybridized carbons (Fsp3) is 0.167. The zero-order chi connectivity index (χ0) is 12.3. The number of hydrogen-bond donors (Lipinski definition) is 2. The van der Waals surface area contributed by atoms with Crippen molar-refractivity contribution in [2.45, 2.75) is 23.6 Å². The summed E-state index contributed by atoms with van der Waals surface area (Å²) in [6.07, 6.45) is 1.47. The standard InChI is InChI=1S/C12H12N2O2S/c1-8-2-3-10(9(6-8)7-15)17-12-13-5-4-11(16)14-12/h2-6,15H,7H2,1H3,(H,13,14,16). The number of aromatic nitrogens is 2. The predicted octanol–water partition coefficient (Wildman–Crippen LogP) is 1.72. The molecule has 88 valence electrons. The summed E-state index contributed by atoms with van der Waals surface area (Å²) in [7, 11) is 0. The Morgan fingerprint density at radius 1 is 1.41 bits per heavy atom. The SMILES string of the molecule is Cc1ccc(Sc2nccc(=O)[nH]2)c(CO)c1. The van der Waals surface area contributed by atoms with E-state index in [1.807, 2.05) is 25.1 Å². The summed E-state index contributed by atoms with van der Waals surface area (Å²) in [6, 6.07) is 7.16. The van der Waals surface area contributed by atoms with Gasteiger partial charge in [0.1, 0.15) is 0 Å². The molecule has 2 rings (SSSR count). The third-order valence-electron chi connectivity index (χ3n) is 2.24. The van der Waals surface area contributed by atoms with Gasteiger partial charge >= 0.3 is 0 Å². The van der Waals surface area contributed by atoms with E-state index in [1.165, 1.54) is 24.0 Å². The third kappa shape index (κ3) is 2.95. The van der Waals surface area contributed by atoms with Crippen LogP contribution in [0.3, 0.4) is 0 Å². The average Bonchev–Trinajstić information content (AvgIpc) is 2.31. The summed E-state index contributed by atoms with van der Waals surface area (Å²) in [5.74, 6) is 0. The van der Waals surface area contributed by atoms with Crippen molar-refractivity contribution in [2.24, 2.45) is 0 Å². The molecule has 1 aromatic heterocycles. The minimum absolute atomic E-state index is 0.0267. The molecule has 0 radical (unpaired) electrons. The lowest BCUT2D eigenvalue weighted by molar-refractivity contribution is 0.279. The van der Waals surface area contributed by atoms with Gasteiger partial charge in [-0.05, 0) is 18.6 Å². The van der Waals surface area contributed by atoms with E-state index in [-0.39, 0.29) is 12.2 Å². The average molecular weight is 248 g/mol. The van der Waals surface area contributed by atoms with Crippen molar-refractivity contribution >= 4 is 11.8 Å². The van der Waals surface area contributed by atoms with Crippen molar-refractivity contribution in [3.63, 3.8) is 0 Å². The molecule has 0 aliphatic rings. The van der Waals surface area contributed by atoms with Crippen LogP contribution in [-0.2, 0) is 6.61 Å². The Hall–Kier alpha value is -1.59. The van der Waals surface area contributed by atoms with Gasteiger partial charge in [-0.3, -0.25) is 4.79 Å². The van der Waals surface area contributed by atoms with Gasteiger partial charge in [0.25, 0.3) is 5.56 Å². The van der Waals surface area contributed by atoms with Crippen molar-refractivity contribution in [3.05, 3.63) is 51.9 Å². The molecular weight excluding hydrogens is 236 g/mol. The summed E-state index contributed by atoms with van der Waals surface area (Å²) in [6.45, 7) is 1.94. The van der Waals surface area contributed by atoms with Crippen LogP contribution in [0.5, 0.6) is 0 Å². The third-order valence-corrected chi connectivity index (χ3v) is 3.26. The molecule has 0 bridgehead atoms. The molecule has 1 aromatic carbocycles. The second kappa shape index (κ2) is 5.16. The minimum atomic E-state index is -0.180. The van der Waals surface area contributed by atoms with Crippen molar-refractivity contribution in [1.29, 1.82) is 0 Å². The molecule has 0 fully saturated rings. The van der Waals surface area contributed by atoms with Gasteiger partial charge in [0.2, 0.25) is 0 Å². The van der Waals surface area contributed by atoms with Crippen LogP contribution < -0.4 is 5.56 Å². The summed E-state index contributed by atoms with van der Waals surface area (Å²) in [5, 5.41) is 9.79. The number of H-pyrrole nitrogens is 1. The molecule has 0 unspecified atom stereocenters. The second-order valence-corrected chi connectivity index (χ2v) is 4.64. The topological polar surface area (TPSA) is 66.0 Å². The number of aliphatic hydroxyl groups is 1. The molecule has 0 saturated carbocycles. The van der Waals surface area contributed by atoms with E-state index in [2.05, 4.69) is 9.97 Å². The van der Waals surface area contributed by atoms with Crippen molar-refractivity contribution in [1.82, 2.24) is 9.97 Å². The second-order valence-electron chi connectivity index (χ2n) is 3.61. The van der Waals surface area contributed by atoms with Gasteiger partial charge in [-0.2, -0.15) is 0 Å². The van der Waals surface area contributed by atoms with Gasteiger partial charge < -0.3 is 10.1 Å². The molecule has 0 aliphatic carbocycles.